The Kier molecular flexibility index (Phi) is 6.09. The molecule has 0 aliphatic heterocycles. The Balaban J connectivity index is 1.67. The highest BCUT2D eigenvalue weighted by Crippen LogP contribution is 2.21. The van der Waals surface area contributed by atoms with Gasteiger partial charge in [0, 0.05) is 12.2 Å². The maximum Gasteiger partial charge on any atom is 0.234 e. The van der Waals surface area contributed by atoms with Crippen molar-refractivity contribution in [3.8, 4) is 0 Å². The number of aliphatic hydroxyl groups excluding tert-OH is 1. The van der Waals surface area contributed by atoms with Gasteiger partial charge in [0.25, 0.3) is 0 Å². The van der Waals surface area contributed by atoms with Gasteiger partial charge in [0.05, 0.1) is 24.3 Å². The van der Waals surface area contributed by atoms with Gasteiger partial charge in [-0.05, 0) is 24.6 Å². The van der Waals surface area contributed by atoms with Crippen molar-refractivity contribution in [2.75, 3.05) is 11.1 Å². The molecule has 1 heterocycles. The van der Waals surface area contributed by atoms with Crippen LogP contribution in [0, 0.1) is 6.92 Å². The summed E-state index contributed by atoms with van der Waals surface area (Å²) in [6.07, 6.45) is 1.66. The van der Waals surface area contributed by atoms with Crippen molar-refractivity contribution in [3.63, 3.8) is 0 Å². The number of aryl methyl sites for hydroxylation is 1. The number of carbonyl (C=O) groups is 1. The fraction of sp³-hybridized carbons (Fsp3) is 0.200. The van der Waals surface area contributed by atoms with Crippen LogP contribution in [0.4, 0.5) is 5.69 Å². The Morgan fingerprint density at radius 3 is 2.58 bits per heavy atom. The number of carbonyl (C=O) groups excluding carboxylic acids is 1. The van der Waals surface area contributed by atoms with Crippen molar-refractivity contribution in [1.29, 1.82) is 0 Å². The van der Waals surface area contributed by atoms with Crippen LogP contribution in [0.3, 0.4) is 0 Å². The van der Waals surface area contributed by atoms with Crippen molar-refractivity contribution >= 4 is 23.4 Å². The Morgan fingerprint density at radius 1 is 1.15 bits per heavy atom. The van der Waals surface area contributed by atoms with Crippen LogP contribution in [0.1, 0.15) is 16.8 Å². The van der Waals surface area contributed by atoms with Crippen molar-refractivity contribution in [3.05, 3.63) is 77.6 Å². The highest BCUT2D eigenvalue weighted by atomic mass is 32.2. The topological polar surface area (TPSA) is 67.1 Å². The van der Waals surface area contributed by atoms with E-state index in [4.69, 9.17) is 0 Å². The van der Waals surface area contributed by atoms with E-state index in [1.807, 2.05) is 41.8 Å². The Bertz CT molecular complexity index is 861. The van der Waals surface area contributed by atoms with Gasteiger partial charge >= 0.3 is 0 Å². The zero-order chi connectivity index (χ0) is 18.4. The standard InChI is InChI=1S/C20H21N3O2S/c1-15-7-9-16(10-8-15)12-23-18(13-24)11-21-20(23)26-14-19(25)22-17-5-3-2-4-6-17/h2-11,24H,12-14H2,1H3,(H,22,25). The molecule has 2 N–H and O–H groups in total. The second kappa shape index (κ2) is 8.69. The fourth-order valence-corrected chi connectivity index (χ4v) is 3.32. The van der Waals surface area contributed by atoms with Gasteiger partial charge in [0.1, 0.15) is 0 Å². The van der Waals surface area contributed by atoms with E-state index in [9.17, 15) is 9.90 Å². The highest BCUT2D eigenvalue weighted by Gasteiger charge is 2.13. The van der Waals surface area contributed by atoms with E-state index in [1.165, 1.54) is 17.3 Å². The second-order valence-corrected chi connectivity index (χ2v) is 6.91. The van der Waals surface area contributed by atoms with Gasteiger partial charge in [-0.3, -0.25) is 4.79 Å². The number of hydrogen-bond acceptors (Lipinski definition) is 4. The van der Waals surface area contributed by atoms with E-state index in [0.717, 1.165) is 22.1 Å². The molecule has 0 aliphatic carbocycles. The molecule has 1 aromatic heterocycles. The Morgan fingerprint density at radius 2 is 1.88 bits per heavy atom. The molecule has 0 bridgehead atoms. The summed E-state index contributed by atoms with van der Waals surface area (Å²) < 4.78 is 1.95. The lowest BCUT2D eigenvalue weighted by molar-refractivity contribution is -0.113. The third-order valence-electron chi connectivity index (χ3n) is 3.91. The molecule has 0 radical (unpaired) electrons. The molecule has 26 heavy (non-hydrogen) atoms. The number of thioether (sulfide) groups is 1. The zero-order valence-corrected chi connectivity index (χ0v) is 15.4. The number of hydrogen-bond donors (Lipinski definition) is 2. The molecule has 2 aromatic carbocycles. The molecule has 3 aromatic rings. The van der Waals surface area contributed by atoms with Crippen molar-refractivity contribution in [2.45, 2.75) is 25.2 Å². The van der Waals surface area contributed by atoms with Crippen LogP contribution >= 0.6 is 11.8 Å². The van der Waals surface area contributed by atoms with E-state index >= 15 is 0 Å². The molecule has 0 saturated heterocycles. The van der Waals surface area contributed by atoms with Crippen LogP contribution in [-0.4, -0.2) is 26.3 Å². The molecule has 3 rings (SSSR count). The number of para-hydroxylation sites is 1. The van der Waals surface area contributed by atoms with E-state index in [0.29, 0.717) is 6.54 Å². The van der Waals surface area contributed by atoms with E-state index in [1.54, 1.807) is 6.20 Å². The van der Waals surface area contributed by atoms with Crippen LogP contribution < -0.4 is 5.32 Å². The van der Waals surface area contributed by atoms with Crippen molar-refractivity contribution in [1.82, 2.24) is 9.55 Å². The molecule has 0 fully saturated rings. The first-order valence-corrected chi connectivity index (χ1v) is 9.33. The van der Waals surface area contributed by atoms with Crippen molar-refractivity contribution in [2.24, 2.45) is 0 Å². The number of nitrogens with one attached hydrogen (secondary N) is 1. The van der Waals surface area contributed by atoms with Crippen LogP contribution in [-0.2, 0) is 17.9 Å². The summed E-state index contributed by atoms with van der Waals surface area (Å²) in [7, 11) is 0. The molecule has 0 saturated carbocycles. The maximum atomic E-state index is 12.2. The van der Waals surface area contributed by atoms with Crippen LogP contribution in [0.25, 0.3) is 0 Å². The van der Waals surface area contributed by atoms with Gasteiger partial charge in [-0.25, -0.2) is 4.98 Å². The summed E-state index contributed by atoms with van der Waals surface area (Å²) in [6.45, 7) is 2.57. The lowest BCUT2D eigenvalue weighted by Gasteiger charge is -2.11. The summed E-state index contributed by atoms with van der Waals surface area (Å²) in [5.74, 6) is 0.168. The highest BCUT2D eigenvalue weighted by molar-refractivity contribution is 7.99. The molecule has 134 valence electrons. The smallest absolute Gasteiger partial charge is 0.234 e. The van der Waals surface area contributed by atoms with E-state index in [-0.39, 0.29) is 18.3 Å². The minimum Gasteiger partial charge on any atom is -0.390 e. The lowest BCUT2D eigenvalue weighted by Crippen LogP contribution is -2.15. The van der Waals surface area contributed by atoms with Gasteiger partial charge in [0.15, 0.2) is 5.16 Å². The number of anilines is 1. The minimum absolute atomic E-state index is 0.0864. The summed E-state index contributed by atoms with van der Waals surface area (Å²) in [5, 5.41) is 13.2. The third-order valence-corrected chi connectivity index (χ3v) is 4.91. The first kappa shape index (κ1) is 18.2. The summed E-state index contributed by atoms with van der Waals surface area (Å²) >= 11 is 1.36. The average Bonchev–Trinajstić information content (AvgIpc) is 3.04. The summed E-state index contributed by atoms with van der Waals surface area (Å²) in [6, 6.07) is 17.6. The van der Waals surface area contributed by atoms with Gasteiger partial charge < -0.3 is 15.0 Å². The number of nitrogens with zero attached hydrogens (tertiary/aromatic N) is 2. The number of rotatable bonds is 7. The molecule has 5 nitrogen and oxygen atoms in total. The van der Waals surface area contributed by atoms with Crippen LogP contribution in [0.5, 0.6) is 0 Å². The maximum absolute atomic E-state index is 12.2. The van der Waals surface area contributed by atoms with Crippen LogP contribution in [0.15, 0.2) is 66.0 Å². The summed E-state index contributed by atoms with van der Waals surface area (Å²) in [4.78, 5) is 16.5. The van der Waals surface area contributed by atoms with Gasteiger partial charge in [-0.2, -0.15) is 0 Å². The first-order valence-electron chi connectivity index (χ1n) is 8.34. The number of benzene rings is 2. The SMILES string of the molecule is Cc1ccc(Cn2c(CO)cnc2SCC(=O)Nc2ccccc2)cc1. The Hall–Kier alpha value is -2.57. The second-order valence-electron chi connectivity index (χ2n) is 5.96. The quantitative estimate of drug-likeness (QED) is 0.628. The Labute approximate surface area is 157 Å². The third kappa shape index (κ3) is 4.74. The average molecular weight is 367 g/mol. The molecular formula is C20H21N3O2S. The van der Waals surface area contributed by atoms with Gasteiger partial charge in [-0.1, -0.05) is 59.8 Å². The molecule has 6 heteroatoms. The molecular weight excluding hydrogens is 346 g/mol. The monoisotopic (exact) mass is 367 g/mol. The number of aliphatic hydroxyl groups is 1. The van der Waals surface area contributed by atoms with E-state index in [2.05, 4.69) is 34.6 Å². The first-order chi connectivity index (χ1) is 12.7. The number of amides is 1. The summed E-state index contributed by atoms with van der Waals surface area (Å²) in [5.41, 5.74) is 3.83. The molecule has 0 aliphatic rings. The zero-order valence-electron chi connectivity index (χ0n) is 14.6. The van der Waals surface area contributed by atoms with Gasteiger partial charge in [-0.15, -0.1) is 0 Å². The molecule has 0 atom stereocenters. The number of imidazole rings is 1. The number of aromatic nitrogens is 2. The van der Waals surface area contributed by atoms with E-state index < -0.39 is 0 Å². The predicted octanol–water partition coefficient (Wildman–Crippen LogP) is 3.46. The largest absolute Gasteiger partial charge is 0.390 e. The molecule has 1 amide bonds. The fourth-order valence-electron chi connectivity index (χ4n) is 2.53. The molecule has 0 spiro atoms. The van der Waals surface area contributed by atoms with Crippen LogP contribution in [0.2, 0.25) is 0 Å². The normalized spacial score (nSPS) is 10.7. The predicted molar refractivity (Wildman–Crippen MR) is 104 cm³/mol. The van der Waals surface area contributed by atoms with Crippen molar-refractivity contribution < 1.29 is 9.90 Å². The molecule has 0 unspecified atom stereocenters. The van der Waals surface area contributed by atoms with Gasteiger partial charge in [0.2, 0.25) is 5.91 Å². The lowest BCUT2D eigenvalue weighted by atomic mass is 10.1. The minimum atomic E-state index is -0.0877.